The van der Waals surface area contributed by atoms with Crippen LogP contribution in [0.3, 0.4) is 0 Å². The van der Waals surface area contributed by atoms with Crippen LogP contribution >= 0.6 is 11.3 Å². The van der Waals surface area contributed by atoms with E-state index in [1.165, 1.54) is 0 Å². The normalized spacial score (nSPS) is 16.5. The van der Waals surface area contributed by atoms with Crippen molar-refractivity contribution < 1.29 is 4.79 Å². The first-order chi connectivity index (χ1) is 14.0. The van der Waals surface area contributed by atoms with Gasteiger partial charge in [-0.1, -0.05) is 50.6 Å². The van der Waals surface area contributed by atoms with Gasteiger partial charge in [0, 0.05) is 10.9 Å². The molecule has 1 aliphatic rings. The van der Waals surface area contributed by atoms with Crippen LogP contribution in [0.2, 0.25) is 0 Å². The molecule has 3 heterocycles. The zero-order valence-electron chi connectivity index (χ0n) is 16.7. The Morgan fingerprint density at radius 3 is 2.76 bits per heavy atom. The van der Waals surface area contributed by atoms with Gasteiger partial charge in [-0.3, -0.25) is 4.79 Å². The molecule has 1 amide bonds. The second kappa shape index (κ2) is 8.16. The zero-order chi connectivity index (χ0) is 20.4. The summed E-state index contributed by atoms with van der Waals surface area (Å²) in [5.41, 5.74) is 2.62. The van der Waals surface area contributed by atoms with Gasteiger partial charge < -0.3 is 16.0 Å². The highest BCUT2D eigenvalue weighted by Gasteiger charge is 2.32. The number of aromatic nitrogens is 3. The van der Waals surface area contributed by atoms with Crippen molar-refractivity contribution in [3.63, 3.8) is 0 Å². The number of anilines is 3. The van der Waals surface area contributed by atoms with E-state index in [0.717, 1.165) is 22.7 Å². The van der Waals surface area contributed by atoms with Gasteiger partial charge in [-0.2, -0.15) is 0 Å². The fourth-order valence-corrected chi connectivity index (χ4v) is 4.08. The van der Waals surface area contributed by atoms with Crippen molar-refractivity contribution >= 4 is 34.6 Å². The average molecular weight is 409 g/mol. The Bertz CT molecular complexity index is 1020. The summed E-state index contributed by atoms with van der Waals surface area (Å²) in [6, 6.07) is 9.82. The quantitative estimate of drug-likeness (QED) is 0.563. The minimum atomic E-state index is -0.290. The van der Waals surface area contributed by atoms with E-state index in [1.807, 2.05) is 30.5 Å². The molecular weight excluding hydrogens is 384 g/mol. The second-order valence-electron chi connectivity index (χ2n) is 7.20. The Kier molecular flexibility index (Phi) is 5.44. The topological polar surface area (TPSA) is 91.8 Å². The number of nitrogens with zero attached hydrogens (tertiary/aromatic N) is 3. The van der Waals surface area contributed by atoms with Crippen LogP contribution in [0.4, 0.5) is 17.3 Å². The van der Waals surface area contributed by atoms with Crippen molar-refractivity contribution in [2.45, 2.75) is 39.8 Å². The molecule has 0 fully saturated rings. The molecule has 0 aliphatic carbocycles. The Morgan fingerprint density at radius 2 is 2.00 bits per heavy atom. The molecule has 8 heteroatoms. The Morgan fingerprint density at radius 1 is 1.21 bits per heavy atom. The first kappa shape index (κ1) is 19.3. The zero-order valence-corrected chi connectivity index (χ0v) is 17.5. The maximum absolute atomic E-state index is 12.6. The van der Waals surface area contributed by atoms with Gasteiger partial charge in [0.1, 0.15) is 22.6 Å². The van der Waals surface area contributed by atoms with Gasteiger partial charge in [-0.15, -0.1) is 11.3 Å². The maximum Gasteiger partial charge on any atom is 0.247 e. The third-order valence-electron chi connectivity index (χ3n) is 5.07. The van der Waals surface area contributed by atoms with E-state index >= 15 is 0 Å². The van der Waals surface area contributed by atoms with Crippen molar-refractivity contribution in [2.75, 3.05) is 16.0 Å². The van der Waals surface area contributed by atoms with Crippen LogP contribution in [-0.2, 0) is 11.3 Å². The van der Waals surface area contributed by atoms with Gasteiger partial charge in [0.15, 0.2) is 11.6 Å². The molecule has 2 unspecified atom stereocenters. The third-order valence-corrected chi connectivity index (χ3v) is 6.01. The number of hydrogen-bond acceptors (Lipinski definition) is 7. The van der Waals surface area contributed by atoms with E-state index in [4.69, 9.17) is 4.98 Å². The summed E-state index contributed by atoms with van der Waals surface area (Å²) in [6.07, 6.45) is 0.906. The molecule has 29 heavy (non-hydrogen) atoms. The fraction of sp³-hybridized carbons (Fsp3) is 0.333. The van der Waals surface area contributed by atoms with Crippen molar-refractivity contribution in [1.82, 2.24) is 15.0 Å². The van der Waals surface area contributed by atoms with Crippen LogP contribution in [0.25, 0.3) is 10.6 Å². The third kappa shape index (κ3) is 4.07. The molecule has 0 radical (unpaired) electrons. The summed E-state index contributed by atoms with van der Waals surface area (Å²) in [6.45, 7) is 6.49. The van der Waals surface area contributed by atoms with Gasteiger partial charge in [0.05, 0.1) is 12.2 Å². The van der Waals surface area contributed by atoms with Crippen LogP contribution in [0.5, 0.6) is 0 Å². The molecule has 0 spiro atoms. The standard InChI is InChI=1S/C21H24N6OS/c1-4-12(2)16-20(28)27-17-18(23-13(3)24-19(17)26-16)22-10-15-11-29-21(25-15)14-8-6-5-7-9-14/h5-9,11-12,16H,4,10H2,1-3H3,(H,27,28)(H2,22,23,24,26). The SMILES string of the molecule is CCC(C)C1Nc2nc(C)nc(NCc3csc(-c4ccccc4)n3)c2NC1=O. The number of amides is 1. The Hall–Kier alpha value is -3.00. The lowest BCUT2D eigenvalue weighted by atomic mass is 9.97. The van der Waals surface area contributed by atoms with Crippen molar-refractivity contribution in [2.24, 2.45) is 5.92 Å². The highest BCUT2D eigenvalue weighted by molar-refractivity contribution is 7.13. The largest absolute Gasteiger partial charge is 0.362 e. The van der Waals surface area contributed by atoms with Gasteiger partial charge in [0.25, 0.3) is 0 Å². The van der Waals surface area contributed by atoms with Gasteiger partial charge in [-0.25, -0.2) is 15.0 Å². The van der Waals surface area contributed by atoms with E-state index in [1.54, 1.807) is 11.3 Å². The molecule has 0 saturated carbocycles. The van der Waals surface area contributed by atoms with Crippen molar-refractivity contribution in [3.8, 4) is 10.6 Å². The summed E-state index contributed by atoms with van der Waals surface area (Å²) in [7, 11) is 0. The van der Waals surface area contributed by atoms with E-state index in [-0.39, 0.29) is 17.9 Å². The highest BCUT2D eigenvalue weighted by atomic mass is 32.1. The Labute approximate surface area is 174 Å². The van der Waals surface area contributed by atoms with E-state index in [2.05, 4.69) is 51.9 Å². The number of aryl methyl sites for hydroxylation is 1. The van der Waals surface area contributed by atoms with Crippen LogP contribution in [-0.4, -0.2) is 26.9 Å². The lowest BCUT2D eigenvalue weighted by Crippen LogP contribution is -2.43. The number of thiazole rings is 1. The molecule has 1 aromatic carbocycles. The first-order valence-electron chi connectivity index (χ1n) is 9.75. The molecule has 3 aromatic rings. The van der Waals surface area contributed by atoms with Crippen LogP contribution in [0.15, 0.2) is 35.7 Å². The van der Waals surface area contributed by atoms with Crippen molar-refractivity contribution in [3.05, 3.63) is 47.2 Å². The predicted molar refractivity (Wildman–Crippen MR) is 117 cm³/mol. The number of carbonyl (C=O) groups excluding carboxylic acids is 1. The molecule has 2 aromatic heterocycles. The van der Waals surface area contributed by atoms with E-state index in [0.29, 0.717) is 29.7 Å². The van der Waals surface area contributed by atoms with Crippen LogP contribution < -0.4 is 16.0 Å². The average Bonchev–Trinajstić information content (AvgIpc) is 3.21. The molecule has 7 nitrogen and oxygen atoms in total. The summed E-state index contributed by atoms with van der Waals surface area (Å²) in [4.78, 5) is 26.2. The van der Waals surface area contributed by atoms with Gasteiger partial charge >= 0.3 is 0 Å². The molecule has 2 atom stereocenters. The fourth-order valence-electron chi connectivity index (χ4n) is 3.25. The molecule has 1 aliphatic heterocycles. The summed E-state index contributed by atoms with van der Waals surface area (Å²) in [5, 5.41) is 12.6. The Balaban J connectivity index is 1.53. The number of fused-ring (bicyclic) bond motifs is 1. The molecule has 0 bridgehead atoms. The number of nitrogens with one attached hydrogen (secondary N) is 3. The number of rotatable bonds is 6. The number of benzene rings is 1. The number of hydrogen-bond donors (Lipinski definition) is 3. The molecule has 0 saturated heterocycles. The lowest BCUT2D eigenvalue weighted by molar-refractivity contribution is -0.118. The molecule has 4 rings (SSSR count). The minimum absolute atomic E-state index is 0.0534. The summed E-state index contributed by atoms with van der Waals surface area (Å²) >= 11 is 1.61. The number of carbonyl (C=O) groups is 1. The minimum Gasteiger partial charge on any atom is -0.362 e. The van der Waals surface area contributed by atoms with E-state index < -0.39 is 0 Å². The smallest absolute Gasteiger partial charge is 0.247 e. The molecular formula is C21H24N6OS. The monoisotopic (exact) mass is 408 g/mol. The van der Waals surface area contributed by atoms with E-state index in [9.17, 15) is 4.79 Å². The predicted octanol–water partition coefficient (Wildman–Crippen LogP) is 4.30. The highest BCUT2D eigenvalue weighted by Crippen LogP contribution is 2.33. The van der Waals surface area contributed by atoms with Crippen molar-refractivity contribution in [1.29, 1.82) is 0 Å². The second-order valence-corrected chi connectivity index (χ2v) is 8.06. The van der Waals surface area contributed by atoms with Crippen LogP contribution in [0, 0.1) is 12.8 Å². The summed E-state index contributed by atoms with van der Waals surface area (Å²) in [5.74, 6) is 2.06. The maximum atomic E-state index is 12.6. The van der Waals surface area contributed by atoms with Crippen LogP contribution in [0.1, 0.15) is 31.8 Å². The lowest BCUT2D eigenvalue weighted by Gasteiger charge is -2.30. The molecule has 3 N–H and O–H groups in total. The molecule has 150 valence electrons. The summed E-state index contributed by atoms with van der Waals surface area (Å²) < 4.78 is 0. The van der Waals surface area contributed by atoms with Gasteiger partial charge in [0.2, 0.25) is 5.91 Å². The first-order valence-corrected chi connectivity index (χ1v) is 10.6. The van der Waals surface area contributed by atoms with Gasteiger partial charge in [-0.05, 0) is 12.8 Å².